The van der Waals surface area contributed by atoms with Crippen molar-refractivity contribution in [3.8, 4) is 0 Å². The minimum atomic E-state index is -0.450. The second kappa shape index (κ2) is 7.07. The lowest BCUT2D eigenvalue weighted by Crippen LogP contribution is -2.52. The van der Waals surface area contributed by atoms with Gasteiger partial charge in [-0.2, -0.15) is 0 Å². The summed E-state index contributed by atoms with van der Waals surface area (Å²) >= 11 is 0. The minimum absolute atomic E-state index is 0.00952. The lowest BCUT2D eigenvalue weighted by atomic mass is 9.85. The Hall–Kier alpha value is -1.10. The molecule has 5 heteroatoms. The molecule has 0 aromatic rings. The van der Waals surface area contributed by atoms with E-state index >= 15 is 0 Å². The molecule has 1 fully saturated rings. The van der Waals surface area contributed by atoms with Crippen molar-refractivity contribution in [3.05, 3.63) is 0 Å². The van der Waals surface area contributed by atoms with E-state index in [-0.39, 0.29) is 23.8 Å². The van der Waals surface area contributed by atoms with E-state index in [1.54, 1.807) is 0 Å². The number of nitrogens with one attached hydrogen (secondary N) is 1. The van der Waals surface area contributed by atoms with Gasteiger partial charge in [0.1, 0.15) is 0 Å². The van der Waals surface area contributed by atoms with Gasteiger partial charge in [-0.25, -0.2) is 0 Å². The fourth-order valence-electron chi connectivity index (χ4n) is 2.36. The molecule has 1 rings (SSSR count). The lowest BCUT2D eigenvalue weighted by molar-refractivity contribution is -0.142. The molecule has 1 saturated heterocycles. The van der Waals surface area contributed by atoms with Gasteiger partial charge in [-0.05, 0) is 26.2 Å². The second-order valence-corrected chi connectivity index (χ2v) is 6.35. The summed E-state index contributed by atoms with van der Waals surface area (Å²) in [6, 6.07) is 0.194. The summed E-state index contributed by atoms with van der Waals surface area (Å²) in [7, 11) is 0. The van der Waals surface area contributed by atoms with Gasteiger partial charge in [0, 0.05) is 31.6 Å². The molecule has 0 spiro atoms. The van der Waals surface area contributed by atoms with E-state index in [9.17, 15) is 9.59 Å². The molecule has 116 valence electrons. The van der Waals surface area contributed by atoms with Crippen LogP contribution in [-0.4, -0.2) is 42.4 Å². The number of hydrogen-bond donors (Lipinski definition) is 2. The van der Waals surface area contributed by atoms with E-state index in [1.807, 2.05) is 32.6 Å². The molecular formula is C15H29N3O2. The summed E-state index contributed by atoms with van der Waals surface area (Å²) in [6.45, 7) is 9.51. The minimum Gasteiger partial charge on any atom is -0.353 e. The van der Waals surface area contributed by atoms with Crippen molar-refractivity contribution in [2.24, 2.45) is 17.1 Å². The van der Waals surface area contributed by atoms with Gasteiger partial charge in [0.15, 0.2) is 0 Å². The van der Waals surface area contributed by atoms with Crippen LogP contribution in [0.3, 0.4) is 0 Å². The highest BCUT2D eigenvalue weighted by Crippen LogP contribution is 2.24. The molecule has 20 heavy (non-hydrogen) atoms. The van der Waals surface area contributed by atoms with Crippen LogP contribution in [0.2, 0.25) is 0 Å². The molecule has 0 aromatic heterocycles. The van der Waals surface area contributed by atoms with Gasteiger partial charge in [-0.15, -0.1) is 0 Å². The summed E-state index contributed by atoms with van der Waals surface area (Å²) in [6.07, 6.45) is 2.41. The Morgan fingerprint density at radius 1 is 1.35 bits per heavy atom. The molecule has 1 aliphatic rings. The Morgan fingerprint density at radius 2 is 1.90 bits per heavy atom. The van der Waals surface area contributed by atoms with E-state index in [1.165, 1.54) is 0 Å². The van der Waals surface area contributed by atoms with Crippen molar-refractivity contribution in [1.29, 1.82) is 0 Å². The van der Waals surface area contributed by atoms with Gasteiger partial charge < -0.3 is 16.0 Å². The van der Waals surface area contributed by atoms with E-state index in [2.05, 4.69) is 5.32 Å². The Kier molecular flexibility index (Phi) is 5.99. The normalized spacial score (nSPS) is 19.8. The molecule has 5 nitrogen and oxygen atoms in total. The number of carbonyl (C=O) groups excluding carboxylic acids is 2. The topological polar surface area (TPSA) is 75.4 Å². The highest BCUT2D eigenvalue weighted by atomic mass is 16.2. The van der Waals surface area contributed by atoms with E-state index < -0.39 is 5.41 Å². The first-order valence-corrected chi connectivity index (χ1v) is 7.64. The first-order valence-electron chi connectivity index (χ1n) is 7.64. The number of piperidine rings is 1. The number of hydrogen-bond acceptors (Lipinski definition) is 3. The maximum absolute atomic E-state index is 12.5. The van der Waals surface area contributed by atoms with Crippen molar-refractivity contribution in [2.45, 2.75) is 53.0 Å². The fourth-order valence-corrected chi connectivity index (χ4v) is 2.36. The van der Waals surface area contributed by atoms with Crippen LogP contribution < -0.4 is 11.1 Å². The molecule has 0 saturated carbocycles. The maximum Gasteiger partial charge on any atom is 0.229 e. The van der Waals surface area contributed by atoms with Gasteiger partial charge in [-0.3, -0.25) is 9.59 Å². The zero-order chi connectivity index (χ0) is 15.3. The Bertz CT molecular complexity index is 343. The maximum atomic E-state index is 12.5. The molecular weight excluding hydrogens is 254 g/mol. The fraction of sp³-hybridized carbons (Fsp3) is 0.867. The van der Waals surface area contributed by atoms with Crippen molar-refractivity contribution >= 4 is 11.8 Å². The predicted molar refractivity (Wildman–Crippen MR) is 80.0 cm³/mol. The van der Waals surface area contributed by atoms with Crippen LogP contribution in [0.5, 0.6) is 0 Å². The zero-order valence-corrected chi connectivity index (χ0v) is 13.2. The first kappa shape index (κ1) is 17.0. The number of rotatable bonds is 5. The molecule has 0 radical (unpaired) electrons. The van der Waals surface area contributed by atoms with Gasteiger partial charge in [0.05, 0.1) is 5.41 Å². The van der Waals surface area contributed by atoms with Gasteiger partial charge in [0.25, 0.3) is 0 Å². The number of likely N-dealkylation sites (tertiary alicyclic amines) is 1. The summed E-state index contributed by atoms with van der Waals surface area (Å²) in [5.74, 6) is 0.251. The van der Waals surface area contributed by atoms with Crippen molar-refractivity contribution < 1.29 is 9.59 Å². The average Bonchev–Trinajstić information content (AvgIpc) is 2.46. The molecule has 0 aliphatic carbocycles. The molecule has 1 aliphatic heterocycles. The highest BCUT2D eigenvalue weighted by molar-refractivity contribution is 5.82. The molecule has 1 atom stereocenters. The Balaban J connectivity index is 2.50. The number of carbonyl (C=O) groups is 2. The third-order valence-electron chi connectivity index (χ3n) is 4.40. The van der Waals surface area contributed by atoms with Gasteiger partial charge in [-0.1, -0.05) is 20.8 Å². The molecule has 0 aromatic carbocycles. The van der Waals surface area contributed by atoms with Crippen LogP contribution in [0.25, 0.3) is 0 Å². The molecule has 0 bridgehead atoms. The van der Waals surface area contributed by atoms with Crippen molar-refractivity contribution in [2.75, 3.05) is 19.6 Å². The SMILES string of the molecule is CCC(C)(CN)C(=O)N1CCC(NC(=O)C(C)C)CC1. The molecule has 3 N–H and O–H groups in total. The van der Waals surface area contributed by atoms with Gasteiger partial charge >= 0.3 is 0 Å². The quantitative estimate of drug-likeness (QED) is 0.794. The third kappa shape index (κ3) is 3.95. The van der Waals surface area contributed by atoms with E-state index in [0.29, 0.717) is 19.6 Å². The lowest BCUT2D eigenvalue weighted by Gasteiger charge is -2.38. The van der Waals surface area contributed by atoms with E-state index in [0.717, 1.165) is 19.3 Å². The molecule has 2 amide bonds. The largest absolute Gasteiger partial charge is 0.353 e. The summed E-state index contributed by atoms with van der Waals surface area (Å²) < 4.78 is 0. The summed E-state index contributed by atoms with van der Waals surface area (Å²) in [4.78, 5) is 26.0. The average molecular weight is 283 g/mol. The summed E-state index contributed by atoms with van der Waals surface area (Å²) in [5.41, 5.74) is 5.30. The monoisotopic (exact) mass is 283 g/mol. The smallest absolute Gasteiger partial charge is 0.229 e. The standard InChI is InChI=1S/C15H29N3O2/c1-5-15(4,10-16)14(20)18-8-6-12(7-9-18)17-13(19)11(2)3/h11-12H,5-10,16H2,1-4H3,(H,17,19). The molecule has 1 heterocycles. The van der Waals surface area contributed by atoms with Crippen molar-refractivity contribution in [1.82, 2.24) is 10.2 Å². The first-order chi connectivity index (χ1) is 9.34. The summed E-state index contributed by atoms with van der Waals surface area (Å²) in [5, 5.41) is 3.04. The van der Waals surface area contributed by atoms with Crippen LogP contribution in [0, 0.1) is 11.3 Å². The third-order valence-corrected chi connectivity index (χ3v) is 4.40. The molecule has 1 unspecified atom stereocenters. The van der Waals surface area contributed by atoms with Crippen LogP contribution in [0.15, 0.2) is 0 Å². The van der Waals surface area contributed by atoms with E-state index in [4.69, 9.17) is 5.73 Å². The predicted octanol–water partition coefficient (Wildman–Crippen LogP) is 1.12. The van der Waals surface area contributed by atoms with Gasteiger partial charge in [0.2, 0.25) is 11.8 Å². The number of nitrogens with zero attached hydrogens (tertiary/aromatic N) is 1. The van der Waals surface area contributed by atoms with Crippen molar-refractivity contribution in [3.63, 3.8) is 0 Å². The number of nitrogens with two attached hydrogens (primary N) is 1. The Morgan fingerprint density at radius 3 is 2.30 bits per heavy atom. The van der Waals surface area contributed by atoms with Crippen LogP contribution >= 0.6 is 0 Å². The Labute approximate surface area is 122 Å². The van der Waals surface area contributed by atoms with Crippen LogP contribution in [0.1, 0.15) is 47.0 Å². The number of amides is 2. The highest BCUT2D eigenvalue weighted by Gasteiger charge is 2.35. The zero-order valence-electron chi connectivity index (χ0n) is 13.2. The second-order valence-electron chi connectivity index (χ2n) is 6.35. The van der Waals surface area contributed by atoms with Crippen LogP contribution in [0.4, 0.5) is 0 Å². The van der Waals surface area contributed by atoms with Crippen LogP contribution in [-0.2, 0) is 9.59 Å².